The van der Waals surface area contributed by atoms with Gasteiger partial charge < -0.3 is 4.90 Å². The topological polar surface area (TPSA) is 32.3 Å². The Hall–Kier alpha value is -2.08. The van der Waals surface area contributed by atoms with E-state index in [2.05, 4.69) is 69.6 Å². The predicted octanol–water partition coefficient (Wildman–Crippen LogP) is 4.60. The van der Waals surface area contributed by atoms with E-state index in [4.69, 9.17) is 0 Å². The fourth-order valence-corrected chi connectivity index (χ4v) is 4.48. The molecule has 0 N–H and O–H groups in total. The summed E-state index contributed by atoms with van der Waals surface area (Å²) in [5, 5.41) is 2.06. The van der Waals surface area contributed by atoms with Crippen molar-refractivity contribution in [2.45, 2.75) is 32.0 Å². The lowest BCUT2D eigenvalue weighted by molar-refractivity contribution is 0.248. The molecule has 0 saturated carbocycles. The molecule has 27 heavy (non-hydrogen) atoms. The molecule has 3 heterocycles. The second-order valence-electron chi connectivity index (χ2n) is 7.50. The van der Waals surface area contributed by atoms with E-state index in [1.165, 1.54) is 29.5 Å². The Morgan fingerprint density at radius 2 is 1.85 bits per heavy atom. The standard InChI is InChI=1S/C22H26N4S/c1-25(2)15-17-7-9-19(10-8-17)20-5-3-11-26(20)16-18-13-23-22(24-14-18)21-6-4-12-27-21/h4,6-10,12-14,20H,3,5,11,15-16H2,1-2H3/t20-/m1/s1. The molecular formula is C22H26N4S. The smallest absolute Gasteiger partial charge is 0.169 e. The molecule has 1 saturated heterocycles. The Balaban J connectivity index is 1.44. The van der Waals surface area contributed by atoms with Gasteiger partial charge in [0, 0.05) is 37.1 Å². The van der Waals surface area contributed by atoms with Crippen molar-refractivity contribution < 1.29 is 0 Å². The highest BCUT2D eigenvalue weighted by Gasteiger charge is 2.26. The van der Waals surface area contributed by atoms with E-state index in [1.54, 1.807) is 11.3 Å². The van der Waals surface area contributed by atoms with Gasteiger partial charge in [0.1, 0.15) is 0 Å². The lowest BCUT2D eigenvalue weighted by Crippen LogP contribution is -2.23. The number of hydrogen-bond acceptors (Lipinski definition) is 5. The van der Waals surface area contributed by atoms with Crippen molar-refractivity contribution in [3.8, 4) is 10.7 Å². The molecule has 1 fully saturated rings. The molecule has 0 radical (unpaired) electrons. The van der Waals surface area contributed by atoms with Crippen LogP contribution in [0.15, 0.2) is 54.2 Å². The van der Waals surface area contributed by atoms with Gasteiger partial charge in [-0.15, -0.1) is 11.3 Å². The van der Waals surface area contributed by atoms with Crippen LogP contribution in [0, 0.1) is 0 Å². The van der Waals surface area contributed by atoms with Crippen LogP contribution in [0.25, 0.3) is 10.7 Å². The van der Waals surface area contributed by atoms with Crippen LogP contribution in [-0.4, -0.2) is 40.4 Å². The minimum atomic E-state index is 0.496. The van der Waals surface area contributed by atoms with Crippen molar-refractivity contribution in [3.63, 3.8) is 0 Å². The predicted molar refractivity (Wildman–Crippen MR) is 112 cm³/mol. The minimum absolute atomic E-state index is 0.496. The summed E-state index contributed by atoms with van der Waals surface area (Å²) in [7, 11) is 4.22. The molecule has 140 valence electrons. The van der Waals surface area contributed by atoms with Crippen molar-refractivity contribution in [2.24, 2.45) is 0 Å². The Kier molecular flexibility index (Phi) is 5.62. The van der Waals surface area contributed by atoms with Gasteiger partial charge in [-0.05, 0) is 56.1 Å². The number of thiophene rings is 1. The fraction of sp³-hybridized carbons (Fsp3) is 0.364. The van der Waals surface area contributed by atoms with Crippen LogP contribution in [0.2, 0.25) is 0 Å². The number of benzene rings is 1. The summed E-state index contributed by atoms with van der Waals surface area (Å²) < 4.78 is 0. The van der Waals surface area contributed by atoms with E-state index < -0.39 is 0 Å². The largest absolute Gasteiger partial charge is 0.305 e. The van der Waals surface area contributed by atoms with Crippen molar-refractivity contribution in [3.05, 3.63) is 70.9 Å². The van der Waals surface area contributed by atoms with Gasteiger partial charge in [0.05, 0.1) is 4.88 Å². The van der Waals surface area contributed by atoms with Crippen LogP contribution in [0.3, 0.4) is 0 Å². The zero-order chi connectivity index (χ0) is 18.6. The normalized spacial score (nSPS) is 17.7. The average Bonchev–Trinajstić information content (AvgIpc) is 3.35. The molecule has 1 aliphatic heterocycles. The monoisotopic (exact) mass is 378 g/mol. The average molecular weight is 379 g/mol. The Morgan fingerprint density at radius 3 is 2.52 bits per heavy atom. The van der Waals surface area contributed by atoms with Gasteiger partial charge in [-0.2, -0.15) is 0 Å². The van der Waals surface area contributed by atoms with Crippen LogP contribution in [-0.2, 0) is 13.1 Å². The van der Waals surface area contributed by atoms with Gasteiger partial charge in [0.2, 0.25) is 0 Å². The van der Waals surface area contributed by atoms with Crippen molar-refractivity contribution >= 4 is 11.3 Å². The van der Waals surface area contributed by atoms with Crippen LogP contribution >= 0.6 is 11.3 Å². The van der Waals surface area contributed by atoms with Crippen LogP contribution in [0.1, 0.15) is 35.6 Å². The quantitative estimate of drug-likeness (QED) is 0.627. The van der Waals surface area contributed by atoms with E-state index in [0.717, 1.165) is 30.3 Å². The second-order valence-corrected chi connectivity index (χ2v) is 8.45. The molecule has 4 rings (SSSR count). The summed E-state index contributed by atoms with van der Waals surface area (Å²) in [6, 6.07) is 13.7. The van der Waals surface area contributed by atoms with Crippen molar-refractivity contribution in [2.75, 3.05) is 20.6 Å². The van der Waals surface area contributed by atoms with Crippen LogP contribution in [0.4, 0.5) is 0 Å². The molecule has 1 aliphatic rings. The van der Waals surface area contributed by atoms with Crippen LogP contribution in [0.5, 0.6) is 0 Å². The first kappa shape index (κ1) is 18.3. The van der Waals surface area contributed by atoms with E-state index in [9.17, 15) is 0 Å². The first-order chi connectivity index (χ1) is 13.2. The highest BCUT2D eigenvalue weighted by molar-refractivity contribution is 7.13. The van der Waals surface area contributed by atoms with Crippen LogP contribution < -0.4 is 0 Å². The molecule has 5 heteroatoms. The summed E-state index contributed by atoms with van der Waals surface area (Å²) in [5.74, 6) is 0.822. The van der Waals surface area contributed by atoms with E-state index in [0.29, 0.717) is 6.04 Å². The molecule has 0 unspecified atom stereocenters. The zero-order valence-corrected chi connectivity index (χ0v) is 16.8. The molecule has 2 aromatic heterocycles. The molecule has 1 atom stereocenters. The molecule has 0 aliphatic carbocycles. The number of hydrogen-bond donors (Lipinski definition) is 0. The number of nitrogens with zero attached hydrogens (tertiary/aromatic N) is 4. The van der Waals surface area contributed by atoms with Crippen molar-refractivity contribution in [1.82, 2.24) is 19.8 Å². The third-order valence-electron chi connectivity index (χ3n) is 5.06. The molecule has 1 aromatic carbocycles. The highest BCUT2D eigenvalue weighted by atomic mass is 32.1. The van der Waals surface area contributed by atoms with Gasteiger partial charge in [0.15, 0.2) is 5.82 Å². The first-order valence-electron chi connectivity index (χ1n) is 9.51. The molecular weight excluding hydrogens is 352 g/mol. The first-order valence-corrected chi connectivity index (χ1v) is 10.4. The number of aromatic nitrogens is 2. The van der Waals surface area contributed by atoms with E-state index >= 15 is 0 Å². The summed E-state index contributed by atoms with van der Waals surface area (Å²) >= 11 is 1.68. The van der Waals surface area contributed by atoms with Gasteiger partial charge in [0.25, 0.3) is 0 Å². The number of likely N-dealkylation sites (tertiary alicyclic amines) is 1. The molecule has 0 spiro atoms. The maximum atomic E-state index is 4.57. The van der Waals surface area contributed by atoms with Crippen molar-refractivity contribution in [1.29, 1.82) is 0 Å². The number of rotatable bonds is 6. The SMILES string of the molecule is CN(C)Cc1ccc([C@H]2CCCN2Cc2cnc(-c3cccs3)nc2)cc1. The maximum absolute atomic E-state index is 4.57. The second kappa shape index (κ2) is 8.30. The van der Waals surface area contributed by atoms with E-state index in [-0.39, 0.29) is 0 Å². The fourth-order valence-electron chi connectivity index (χ4n) is 3.81. The van der Waals surface area contributed by atoms with Gasteiger partial charge in [-0.3, -0.25) is 4.90 Å². The summed E-state index contributed by atoms with van der Waals surface area (Å²) in [6.07, 6.45) is 6.44. The molecule has 4 nitrogen and oxygen atoms in total. The molecule has 3 aromatic rings. The van der Waals surface area contributed by atoms with Gasteiger partial charge in [-0.1, -0.05) is 30.3 Å². The lowest BCUT2D eigenvalue weighted by Gasteiger charge is -2.25. The summed E-state index contributed by atoms with van der Waals surface area (Å²) in [6.45, 7) is 3.04. The maximum Gasteiger partial charge on any atom is 0.169 e. The minimum Gasteiger partial charge on any atom is -0.305 e. The Morgan fingerprint density at radius 1 is 1.07 bits per heavy atom. The molecule has 0 bridgehead atoms. The lowest BCUT2D eigenvalue weighted by atomic mass is 10.0. The molecule has 0 amide bonds. The third kappa shape index (κ3) is 4.43. The summed E-state index contributed by atoms with van der Waals surface area (Å²) in [5.41, 5.74) is 3.98. The Bertz CT molecular complexity index is 841. The zero-order valence-electron chi connectivity index (χ0n) is 16.0. The Labute approximate surface area is 165 Å². The summed E-state index contributed by atoms with van der Waals surface area (Å²) in [4.78, 5) is 15.0. The van der Waals surface area contributed by atoms with Gasteiger partial charge in [-0.25, -0.2) is 9.97 Å². The highest BCUT2D eigenvalue weighted by Crippen LogP contribution is 2.33. The third-order valence-corrected chi connectivity index (χ3v) is 5.93. The van der Waals surface area contributed by atoms with Gasteiger partial charge >= 0.3 is 0 Å². The van der Waals surface area contributed by atoms with E-state index in [1.807, 2.05) is 18.5 Å².